The summed E-state index contributed by atoms with van der Waals surface area (Å²) < 4.78 is 6.31. The van der Waals surface area contributed by atoms with Gasteiger partial charge in [0.2, 0.25) is 0 Å². The van der Waals surface area contributed by atoms with Crippen LogP contribution >= 0.6 is 27.3 Å². The lowest BCUT2D eigenvalue weighted by Gasteiger charge is -2.22. The van der Waals surface area contributed by atoms with E-state index in [1.54, 1.807) is 7.11 Å². The standard InChI is InChI=1S/C24H21BrN4O2S/c1-13-10-20(23-27-18-9-8-17(31-3)11-19(18)28-23)29(12-13)24(30)21-22(32-14(2)26-21)15-4-6-16(25)7-5-15/h4-9,11,20H,1,10,12H2,2-3H3,(H,27,28)/t20-/m0/s1. The highest BCUT2D eigenvalue weighted by Crippen LogP contribution is 2.38. The second kappa shape index (κ2) is 8.18. The number of ether oxygens (including phenoxy) is 1. The Balaban J connectivity index is 1.52. The first-order valence-corrected chi connectivity index (χ1v) is 11.8. The van der Waals surface area contributed by atoms with Crippen molar-refractivity contribution in [3.05, 3.63) is 75.6 Å². The molecule has 32 heavy (non-hydrogen) atoms. The Morgan fingerprint density at radius 3 is 2.78 bits per heavy atom. The number of halogens is 1. The largest absolute Gasteiger partial charge is 0.497 e. The monoisotopic (exact) mass is 508 g/mol. The maximum atomic E-state index is 13.7. The van der Waals surface area contributed by atoms with E-state index >= 15 is 0 Å². The van der Waals surface area contributed by atoms with Gasteiger partial charge < -0.3 is 14.6 Å². The van der Waals surface area contributed by atoms with Crippen molar-refractivity contribution in [3.63, 3.8) is 0 Å². The van der Waals surface area contributed by atoms with Gasteiger partial charge in [0.1, 0.15) is 17.3 Å². The lowest BCUT2D eigenvalue weighted by Crippen LogP contribution is -2.31. The van der Waals surface area contributed by atoms with Crippen molar-refractivity contribution in [1.29, 1.82) is 0 Å². The van der Waals surface area contributed by atoms with Crippen LogP contribution in [0.15, 0.2) is 59.1 Å². The van der Waals surface area contributed by atoms with Gasteiger partial charge in [0.15, 0.2) is 0 Å². The minimum atomic E-state index is -0.215. The Labute approximate surface area is 198 Å². The number of aromatic nitrogens is 3. The van der Waals surface area contributed by atoms with Crippen molar-refractivity contribution in [2.45, 2.75) is 19.4 Å². The molecular weight excluding hydrogens is 488 g/mol. The Morgan fingerprint density at radius 2 is 2.03 bits per heavy atom. The number of hydrogen-bond donors (Lipinski definition) is 1. The SMILES string of the molecule is C=C1C[C@@H](c2nc3cc(OC)ccc3[nH]2)N(C(=O)c2nc(C)sc2-c2ccc(Br)cc2)C1. The molecule has 5 rings (SSSR count). The molecule has 8 heteroatoms. The maximum absolute atomic E-state index is 13.7. The molecule has 2 aromatic carbocycles. The molecular formula is C24H21BrN4O2S. The van der Waals surface area contributed by atoms with Crippen molar-refractivity contribution in [3.8, 4) is 16.2 Å². The van der Waals surface area contributed by atoms with Crippen LogP contribution < -0.4 is 4.74 Å². The van der Waals surface area contributed by atoms with Gasteiger partial charge in [0, 0.05) is 17.1 Å². The number of carbonyl (C=O) groups excluding carboxylic acids is 1. The number of likely N-dealkylation sites (tertiary alicyclic amines) is 1. The molecule has 0 unspecified atom stereocenters. The Hall–Kier alpha value is -2.97. The molecule has 2 aromatic heterocycles. The van der Waals surface area contributed by atoms with Gasteiger partial charge in [0.25, 0.3) is 5.91 Å². The van der Waals surface area contributed by atoms with Crippen LogP contribution in [0.3, 0.4) is 0 Å². The molecule has 1 amide bonds. The van der Waals surface area contributed by atoms with Crippen LogP contribution in [0.1, 0.15) is 33.8 Å². The normalized spacial score (nSPS) is 16.2. The molecule has 1 aliphatic heterocycles. The summed E-state index contributed by atoms with van der Waals surface area (Å²) in [6.07, 6.45) is 0.666. The van der Waals surface area contributed by atoms with Crippen LogP contribution in [0, 0.1) is 6.92 Å². The summed E-state index contributed by atoms with van der Waals surface area (Å²) in [5.74, 6) is 1.39. The third-order valence-corrected chi connectivity index (χ3v) is 7.13. The minimum Gasteiger partial charge on any atom is -0.497 e. The predicted octanol–water partition coefficient (Wildman–Crippen LogP) is 5.91. The summed E-state index contributed by atoms with van der Waals surface area (Å²) in [7, 11) is 1.63. The summed E-state index contributed by atoms with van der Waals surface area (Å²) in [6, 6.07) is 13.5. The highest BCUT2D eigenvalue weighted by Gasteiger charge is 2.36. The molecule has 0 aliphatic carbocycles. The number of fused-ring (bicyclic) bond motifs is 1. The van der Waals surface area contributed by atoms with Crippen molar-refractivity contribution in [1.82, 2.24) is 19.9 Å². The van der Waals surface area contributed by atoms with E-state index in [4.69, 9.17) is 9.72 Å². The average Bonchev–Trinajstić information content (AvgIpc) is 3.49. The van der Waals surface area contributed by atoms with Gasteiger partial charge in [-0.2, -0.15) is 0 Å². The zero-order valence-corrected chi connectivity index (χ0v) is 20.1. The third-order valence-electron chi connectivity index (χ3n) is 5.58. The van der Waals surface area contributed by atoms with E-state index < -0.39 is 0 Å². The van der Waals surface area contributed by atoms with Crippen LogP contribution in [0.5, 0.6) is 5.75 Å². The van der Waals surface area contributed by atoms with Crippen LogP contribution in [-0.4, -0.2) is 39.4 Å². The number of aryl methyl sites for hydroxylation is 1. The lowest BCUT2D eigenvalue weighted by atomic mass is 10.1. The fraction of sp³-hybridized carbons (Fsp3) is 0.208. The predicted molar refractivity (Wildman–Crippen MR) is 130 cm³/mol. The third kappa shape index (κ3) is 3.73. The fourth-order valence-corrected chi connectivity index (χ4v) is 5.23. The van der Waals surface area contributed by atoms with Crippen LogP contribution in [0.25, 0.3) is 21.5 Å². The number of imidazole rings is 1. The first-order chi connectivity index (χ1) is 15.4. The molecule has 0 spiro atoms. The van der Waals surface area contributed by atoms with E-state index in [1.165, 1.54) is 11.3 Å². The lowest BCUT2D eigenvalue weighted by molar-refractivity contribution is 0.0728. The summed E-state index contributed by atoms with van der Waals surface area (Å²) in [4.78, 5) is 29.2. The topological polar surface area (TPSA) is 71.1 Å². The summed E-state index contributed by atoms with van der Waals surface area (Å²) in [5.41, 5.74) is 4.17. The maximum Gasteiger partial charge on any atom is 0.274 e. The molecule has 3 heterocycles. The number of thiazole rings is 1. The van der Waals surface area contributed by atoms with E-state index in [1.807, 2.05) is 54.3 Å². The highest BCUT2D eigenvalue weighted by molar-refractivity contribution is 9.10. The van der Waals surface area contributed by atoms with Crippen LogP contribution in [0.4, 0.5) is 0 Å². The fourth-order valence-electron chi connectivity index (χ4n) is 4.05. The van der Waals surface area contributed by atoms with Crippen molar-refractivity contribution >= 4 is 44.2 Å². The number of nitrogens with one attached hydrogen (secondary N) is 1. The Kier molecular flexibility index (Phi) is 5.35. The molecule has 1 fully saturated rings. The average molecular weight is 509 g/mol. The van der Waals surface area contributed by atoms with E-state index in [-0.39, 0.29) is 11.9 Å². The van der Waals surface area contributed by atoms with Gasteiger partial charge in [-0.15, -0.1) is 11.3 Å². The molecule has 0 radical (unpaired) electrons. The molecule has 1 N–H and O–H groups in total. The zero-order valence-electron chi connectivity index (χ0n) is 17.7. The Morgan fingerprint density at radius 1 is 1.25 bits per heavy atom. The van der Waals surface area contributed by atoms with E-state index in [0.717, 1.165) is 48.1 Å². The van der Waals surface area contributed by atoms with Gasteiger partial charge in [0.05, 0.1) is 34.1 Å². The molecule has 1 saturated heterocycles. The van der Waals surface area contributed by atoms with E-state index in [9.17, 15) is 4.79 Å². The van der Waals surface area contributed by atoms with Crippen LogP contribution in [-0.2, 0) is 0 Å². The molecule has 1 aliphatic rings. The van der Waals surface area contributed by atoms with Gasteiger partial charge >= 0.3 is 0 Å². The number of rotatable bonds is 4. The van der Waals surface area contributed by atoms with E-state index in [0.29, 0.717) is 18.7 Å². The summed E-state index contributed by atoms with van der Waals surface area (Å²) >= 11 is 5.01. The number of methoxy groups -OCH3 is 1. The molecule has 4 aromatic rings. The van der Waals surface area contributed by atoms with Gasteiger partial charge in [-0.05, 0) is 43.2 Å². The number of nitrogens with zero attached hydrogens (tertiary/aromatic N) is 3. The Bertz CT molecular complexity index is 1340. The first kappa shape index (κ1) is 20.9. The molecule has 162 valence electrons. The molecule has 0 bridgehead atoms. The first-order valence-electron chi connectivity index (χ1n) is 10.2. The second-order valence-corrected chi connectivity index (χ2v) is 9.94. The summed E-state index contributed by atoms with van der Waals surface area (Å²) in [5, 5.41) is 0.858. The van der Waals surface area contributed by atoms with Gasteiger partial charge in [-0.25, -0.2) is 9.97 Å². The molecule has 1 atom stereocenters. The van der Waals surface area contributed by atoms with E-state index in [2.05, 4.69) is 32.5 Å². The van der Waals surface area contributed by atoms with Crippen molar-refractivity contribution < 1.29 is 9.53 Å². The summed E-state index contributed by atoms with van der Waals surface area (Å²) in [6.45, 7) is 6.57. The number of benzene rings is 2. The number of aromatic amines is 1. The van der Waals surface area contributed by atoms with Crippen molar-refractivity contribution in [2.75, 3.05) is 13.7 Å². The van der Waals surface area contributed by atoms with Gasteiger partial charge in [-0.3, -0.25) is 4.79 Å². The zero-order chi connectivity index (χ0) is 22.4. The second-order valence-electron chi connectivity index (χ2n) is 7.83. The number of hydrogen-bond acceptors (Lipinski definition) is 5. The quantitative estimate of drug-likeness (QED) is 0.348. The van der Waals surface area contributed by atoms with Crippen molar-refractivity contribution in [2.24, 2.45) is 0 Å². The number of amides is 1. The smallest absolute Gasteiger partial charge is 0.274 e. The van der Waals surface area contributed by atoms with Gasteiger partial charge in [-0.1, -0.05) is 40.2 Å². The molecule has 0 saturated carbocycles. The minimum absolute atomic E-state index is 0.103. The molecule has 6 nitrogen and oxygen atoms in total. The number of carbonyl (C=O) groups is 1. The number of H-pyrrole nitrogens is 1. The highest BCUT2D eigenvalue weighted by atomic mass is 79.9. The van der Waals surface area contributed by atoms with Crippen LogP contribution in [0.2, 0.25) is 0 Å².